The molecule has 29 heavy (non-hydrogen) atoms. The van der Waals surface area contributed by atoms with Crippen LogP contribution in [-0.4, -0.2) is 51.2 Å². The first-order chi connectivity index (χ1) is 14.0. The molecule has 1 heterocycles. The zero-order valence-corrected chi connectivity index (χ0v) is 16.6. The van der Waals surface area contributed by atoms with Gasteiger partial charge in [0.2, 0.25) is 11.8 Å². The highest BCUT2D eigenvalue weighted by molar-refractivity contribution is 5.95. The summed E-state index contributed by atoms with van der Waals surface area (Å²) < 4.78 is 18.7. The number of carbonyl (C=O) groups is 2. The largest absolute Gasteiger partial charge is 0.378 e. The maximum absolute atomic E-state index is 13.3. The van der Waals surface area contributed by atoms with Crippen LogP contribution in [0.25, 0.3) is 0 Å². The lowest BCUT2D eigenvalue weighted by Gasteiger charge is -2.33. The van der Waals surface area contributed by atoms with Crippen molar-refractivity contribution in [1.29, 1.82) is 0 Å². The van der Waals surface area contributed by atoms with Gasteiger partial charge in [0.15, 0.2) is 0 Å². The molecular weight excluding hydrogens is 373 g/mol. The normalized spacial score (nSPS) is 13.8. The molecule has 0 aliphatic carbocycles. The van der Waals surface area contributed by atoms with Gasteiger partial charge in [-0.3, -0.25) is 9.59 Å². The minimum atomic E-state index is -0.363. The Labute approximate surface area is 170 Å². The summed E-state index contributed by atoms with van der Waals surface area (Å²) in [6.45, 7) is 5.04. The van der Waals surface area contributed by atoms with Crippen LogP contribution in [0.5, 0.6) is 0 Å². The van der Waals surface area contributed by atoms with Crippen molar-refractivity contribution >= 4 is 23.2 Å². The number of anilines is 2. The number of rotatable bonds is 7. The van der Waals surface area contributed by atoms with Crippen molar-refractivity contribution in [2.45, 2.75) is 13.3 Å². The van der Waals surface area contributed by atoms with Crippen LogP contribution in [-0.2, 0) is 20.7 Å². The van der Waals surface area contributed by atoms with E-state index in [0.717, 1.165) is 24.5 Å². The van der Waals surface area contributed by atoms with Crippen molar-refractivity contribution in [3.05, 3.63) is 59.9 Å². The average molecular weight is 399 g/mol. The van der Waals surface area contributed by atoms with E-state index in [1.165, 1.54) is 19.1 Å². The number of nitrogens with zero attached hydrogens (tertiary/aromatic N) is 2. The van der Waals surface area contributed by atoms with Crippen LogP contribution < -0.4 is 15.1 Å². The van der Waals surface area contributed by atoms with Crippen LogP contribution in [0.3, 0.4) is 0 Å². The molecule has 0 aromatic heterocycles. The van der Waals surface area contributed by atoms with Crippen LogP contribution in [0.15, 0.2) is 48.5 Å². The number of carbonyl (C=O) groups excluding carboxylic acids is 2. The second-order valence-electron chi connectivity index (χ2n) is 6.92. The Morgan fingerprint density at radius 2 is 1.90 bits per heavy atom. The molecule has 6 nitrogen and oxygen atoms in total. The van der Waals surface area contributed by atoms with Crippen molar-refractivity contribution < 1.29 is 18.7 Å². The monoisotopic (exact) mass is 399 g/mol. The highest BCUT2D eigenvalue weighted by Crippen LogP contribution is 2.29. The average Bonchev–Trinajstić information content (AvgIpc) is 2.72. The quantitative estimate of drug-likeness (QED) is 0.777. The van der Waals surface area contributed by atoms with Crippen molar-refractivity contribution in [2.75, 3.05) is 49.2 Å². The van der Waals surface area contributed by atoms with Crippen molar-refractivity contribution in [1.82, 2.24) is 5.32 Å². The van der Waals surface area contributed by atoms with E-state index in [1.807, 2.05) is 24.3 Å². The van der Waals surface area contributed by atoms with Crippen molar-refractivity contribution in [2.24, 2.45) is 0 Å². The third kappa shape index (κ3) is 5.77. The summed E-state index contributed by atoms with van der Waals surface area (Å²) in [7, 11) is 0. The lowest BCUT2D eigenvalue weighted by molar-refractivity contribution is -0.121. The molecule has 1 aliphatic rings. The zero-order chi connectivity index (χ0) is 20.6. The molecule has 3 rings (SSSR count). The van der Waals surface area contributed by atoms with E-state index in [9.17, 15) is 14.0 Å². The molecule has 1 aliphatic heterocycles. The number of benzene rings is 2. The highest BCUT2D eigenvalue weighted by atomic mass is 19.1. The molecule has 7 heteroatoms. The van der Waals surface area contributed by atoms with Crippen LogP contribution >= 0.6 is 0 Å². The van der Waals surface area contributed by atoms with E-state index < -0.39 is 0 Å². The molecular formula is C22H26FN3O3. The van der Waals surface area contributed by atoms with Gasteiger partial charge in [-0.25, -0.2) is 4.39 Å². The van der Waals surface area contributed by atoms with Gasteiger partial charge in [-0.05, 0) is 29.8 Å². The number of para-hydroxylation sites is 2. The fraction of sp³-hybridized carbons (Fsp3) is 0.364. The summed E-state index contributed by atoms with van der Waals surface area (Å²) in [6, 6.07) is 13.8. The number of amides is 2. The van der Waals surface area contributed by atoms with Crippen LogP contribution in [0, 0.1) is 5.82 Å². The smallest absolute Gasteiger partial charge is 0.224 e. The lowest BCUT2D eigenvalue weighted by Crippen LogP contribution is -2.41. The molecule has 0 spiro atoms. The van der Waals surface area contributed by atoms with Crippen LogP contribution in [0.2, 0.25) is 0 Å². The number of hydrogen-bond donors (Lipinski definition) is 1. The first-order valence-corrected chi connectivity index (χ1v) is 9.75. The summed E-state index contributed by atoms with van der Waals surface area (Å²) in [5.41, 5.74) is 2.42. The maximum atomic E-state index is 13.3. The third-order valence-electron chi connectivity index (χ3n) is 4.82. The molecule has 0 bridgehead atoms. The Kier molecular flexibility index (Phi) is 7.19. The van der Waals surface area contributed by atoms with Crippen LogP contribution in [0.1, 0.15) is 12.5 Å². The Bertz CT molecular complexity index is 853. The molecule has 1 saturated heterocycles. The fourth-order valence-electron chi connectivity index (χ4n) is 3.41. The SMILES string of the molecule is CC(=O)N(CCNC(=O)Cc1cccc(F)c1)c1ccccc1N1CCOCC1. The lowest BCUT2D eigenvalue weighted by atomic mass is 10.1. The van der Waals surface area contributed by atoms with Gasteiger partial charge in [0.25, 0.3) is 0 Å². The van der Waals surface area contributed by atoms with Gasteiger partial charge in [0.1, 0.15) is 5.82 Å². The molecule has 0 radical (unpaired) electrons. The van der Waals surface area contributed by atoms with Gasteiger partial charge in [-0.15, -0.1) is 0 Å². The number of nitrogens with one attached hydrogen (secondary N) is 1. The number of hydrogen-bond acceptors (Lipinski definition) is 4. The van der Waals surface area contributed by atoms with Gasteiger partial charge in [-0.1, -0.05) is 24.3 Å². The molecule has 154 valence electrons. The number of halogens is 1. The van der Waals surface area contributed by atoms with Gasteiger partial charge >= 0.3 is 0 Å². The maximum Gasteiger partial charge on any atom is 0.224 e. The van der Waals surface area contributed by atoms with Gasteiger partial charge < -0.3 is 19.9 Å². The van der Waals surface area contributed by atoms with Crippen LogP contribution in [0.4, 0.5) is 15.8 Å². The predicted octanol–water partition coefficient (Wildman–Crippen LogP) is 2.37. The Hall–Kier alpha value is -2.93. The molecule has 1 N–H and O–H groups in total. The number of ether oxygens (including phenoxy) is 1. The second kappa shape index (κ2) is 10.0. The molecule has 0 unspecified atom stereocenters. The summed E-state index contributed by atoms with van der Waals surface area (Å²) in [4.78, 5) is 28.4. The zero-order valence-electron chi connectivity index (χ0n) is 16.6. The molecule has 2 amide bonds. The first-order valence-electron chi connectivity index (χ1n) is 9.75. The Morgan fingerprint density at radius 1 is 1.14 bits per heavy atom. The topological polar surface area (TPSA) is 61.9 Å². The summed E-state index contributed by atoms with van der Waals surface area (Å²) >= 11 is 0. The standard InChI is InChI=1S/C22H26FN3O3/c1-17(27)26(10-9-24-22(28)16-18-5-4-6-19(23)15-18)21-8-3-2-7-20(21)25-11-13-29-14-12-25/h2-8,15H,9-14,16H2,1H3,(H,24,28). The van der Waals surface area contributed by atoms with E-state index in [0.29, 0.717) is 31.9 Å². The Morgan fingerprint density at radius 3 is 2.62 bits per heavy atom. The van der Waals surface area contributed by atoms with Crippen molar-refractivity contribution in [3.63, 3.8) is 0 Å². The van der Waals surface area contributed by atoms with Crippen molar-refractivity contribution in [3.8, 4) is 0 Å². The molecule has 2 aromatic carbocycles. The van der Waals surface area contributed by atoms with Gasteiger partial charge in [0.05, 0.1) is 31.0 Å². The minimum absolute atomic E-state index is 0.0925. The van der Waals surface area contributed by atoms with E-state index in [-0.39, 0.29) is 24.1 Å². The molecule has 0 saturated carbocycles. The van der Waals surface area contributed by atoms with E-state index >= 15 is 0 Å². The highest BCUT2D eigenvalue weighted by Gasteiger charge is 2.20. The molecule has 1 fully saturated rings. The van der Waals surface area contributed by atoms with Gasteiger partial charge in [0, 0.05) is 33.1 Å². The predicted molar refractivity (Wildman–Crippen MR) is 111 cm³/mol. The minimum Gasteiger partial charge on any atom is -0.378 e. The first kappa shape index (κ1) is 20.8. The summed E-state index contributed by atoms with van der Waals surface area (Å²) in [5, 5.41) is 2.82. The van der Waals surface area contributed by atoms with E-state index in [4.69, 9.17) is 4.74 Å². The van der Waals surface area contributed by atoms with Gasteiger partial charge in [-0.2, -0.15) is 0 Å². The Balaban J connectivity index is 1.62. The molecule has 0 atom stereocenters. The fourth-order valence-corrected chi connectivity index (χ4v) is 3.41. The van der Waals surface area contributed by atoms with E-state index in [2.05, 4.69) is 10.2 Å². The third-order valence-corrected chi connectivity index (χ3v) is 4.82. The molecule has 2 aromatic rings. The van der Waals surface area contributed by atoms with E-state index in [1.54, 1.807) is 17.0 Å². The summed E-state index contributed by atoms with van der Waals surface area (Å²) in [5.74, 6) is -0.663. The number of morpholine rings is 1. The summed E-state index contributed by atoms with van der Waals surface area (Å²) in [6.07, 6.45) is 0.0994. The second-order valence-corrected chi connectivity index (χ2v) is 6.92.